The number of nitrogens with zero attached hydrogens (tertiary/aromatic N) is 2. The molecule has 29 heavy (non-hydrogen) atoms. The maximum Gasteiger partial charge on any atom is 0.263 e. The predicted molar refractivity (Wildman–Crippen MR) is 110 cm³/mol. The molecule has 0 aromatic carbocycles. The van der Waals surface area contributed by atoms with Crippen molar-refractivity contribution in [1.29, 1.82) is 0 Å². The quantitative estimate of drug-likeness (QED) is 0.826. The van der Waals surface area contributed by atoms with Gasteiger partial charge in [-0.05, 0) is 51.1 Å². The number of furan rings is 1. The molecule has 0 saturated carbocycles. The number of likely N-dealkylation sites (N-methyl/N-ethyl adjacent to an activating group) is 1. The number of rotatable bonds is 4. The largest absolute Gasteiger partial charge is 0.467 e. The van der Waals surface area contributed by atoms with Gasteiger partial charge in [0.05, 0.1) is 23.3 Å². The highest BCUT2D eigenvalue weighted by Gasteiger charge is 2.44. The molecule has 0 aliphatic carbocycles. The molecule has 1 N–H and O–H groups in total. The van der Waals surface area contributed by atoms with Gasteiger partial charge in [-0.1, -0.05) is 0 Å². The highest BCUT2D eigenvalue weighted by Crippen LogP contribution is 2.33. The van der Waals surface area contributed by atoms with Gasteiger partial charge in [0.15, 0.2) is 0 Å². The molecule has 1 spiro atoms. The number of aryl methyl sites for hydroxylation is 1. The smallest absolute Gasteiger partial charge is 0.263 e. The molecule has 2 aliphatic rings. The molecule has 0 bridgehead atoms. The van der Waals surface area contributed by atoms with Crippen molar-refractivity contribution in [3.05, 3.63) is 46.0 Å². The van der Waals surface area contributed by atoms with Crippen LogP contribution in [-0.4, -0.2) is 66.5 Å². The van der Waals surface area contributed by atoms with Crippen LogP contribution in [0.15, 0.2) is 34.9 Å². The Morgan fingerprint density at radius 1 is 1.28 bits per heavy atom. The van der Waals surface area contributed by atoms with Gasteiger partial charge in [-0.25, -0.2) is 0 Å². The molecule has 2 fully saturated rings. The second kappa shape index (κ2) is 8.30. The fourth-order valence-corrected chi connectivity index (χ4v) is 4.99. The third-order valence-corrected chi connectivity index (χ3v) is 6.64. The SMILES string of the molecule is Cc1ccc(C(=O)N2CCC3(CC2)CN(C)C[C@@H](C(=O)NCc2ccco2)O3)s1. The van der Waals surface area contributed by atoms with Gasteiger partial charge in [0.25, 0.3) is 11.8 Å². The molecule has 7 nitrogen and oxygen atoms in total. The molecule has 0 unspecified atom stereocenters. The highest BCUT2D eigenvalue weighted by atomic mass is 32.1. The molecule has 2 aromatic rings. The fraction of sp³-hybridized carbons (Fsp3) is 0.524. The number of morpholine rings is 1. The monoisotopic (exact) mass is 417 g/mol. The molecule has 2 amide bonds. The average molecular weight is 418 g/mol. The van der Waals surface area contributed by atoms with Crippen molar-refractivity contribution in [2.45, 2.75) is 38.0 Å². The molecule has 156 valence electrons. The summed E-state index contributed by atoms with van der Waals surface area (Å²) in [5, 5.41) is 2.90. The van der Waals surface area contributed by atoms with Gasteiger partial charge in [0.2, 0.25) is 0 Å². The maximum absolute atomic E-state index is 12.7. The Balaban J connectivity index is 1.35. The molecule has 0 radical (unpaired) electrons. The highest BCUT2D eigenvalue weighted by molar-refractivity contribution is 7.13. The molecule has 2 aliphatic heterocycles. The number of nitrogens with one attached hydrogen (secondary N) is 1. The van der Waals surface area contributed by atoms with Crippen molar-refractivity contribution in [3.8, 4) is 0 Å². The van der Waals surface area contributed by atoms with Crippen molar-refractivity contribution >= 4 is 23.2 Å². The number of likely N-dealkylation sites (tertiary alicyclic amines) is 1. The summed E-state index contributed by atoms with van der Waals surface area (Å²) in [6, 6.07) is 7.51. The Morgan fingerprint density at radius 2 is 2.07 bits per heavy atom. The van der Waals surface area contributed by atoms with Gasteiger partial charge in [0.1, 0.15) is 11.9 Å². The predicted octanol–water partition coefficient (Wildman–Crippen LogP) is 2.27. The first kappa shape index (κ1) is 20.1. The molecule has 2 saturated heterocycles. The van der Waals surface area contributed by atoms with Crippen molar-refractivity contribution in [2.75, 3.05) is 33.2 Å². The Morgan fingerprint density at radius 3 is 2.72 bits per heavy atom. The molecule has 1 atom stereocenters. The van der Waals surface area contributed by atoms with Gasteiger partial charge in [0, 0.05) is 31.1 Å². The number of amides is 2. The third-order valence-electron chi connectivity index (χ3n) is 5.65. The van der Waals surface area contributed by atoms with Gasteiger partial charge < -0.3 is 24.3 Å². The first-order valence-electron chi connectivity index (χ1n) is 9.96. The zero-order valence-electron chi connectivity index (χ0n) is 16.8. The Labute approximate surface area is 174 Å². The van der Waals surface area contributed by atoms with E-state index in [9.17, 15) is 9.59 Å². The summed E-state index contributed by atoms with van der Waals surface area (Å²) in [6.45, 7) is 4.98. The van der Waals surface area contributed by atoms with Crippen LogP contribution < -0.4 is 5.32 Å². The second-order valence-electron chi connectivity index (χ2n) is 7.99. The molecule has 2 aromatic heterocycles. The standard InChI is InChI=1S/C21H27N3O4S/c1-15-5-6-18(29-15)20(26)24-9-7-21(8-10-24)14-23(2)13-17(28-21)19(25)22-12-16-4-3-11-27-16/h3-6,11,17H,7-10,12-14H2,1-2H3,(H,22,25)/t17-/m0/s1. The van der Waals surface area contributed by atoms with E-state index in [1.54, 1.807) is 12.3 Å². The van der Waals surface area contributed by atoms with Gasteiger partial charge >= 0.3 is 0 Å². The zero-order valence-corrected chi connectivity index (χ0v) is 17.7. The van der Waals surface area contributed by atoms with Crippen molar-refractivity contribution in [3.63, 3.8) is 0 Å². The van der Waals surface area contributed by atoms with E-state index in [0.29, 0.717) is 31.9 Å². The van der Waals surface area contributed by atoms with E-state index in [4.69, 9.17) is 9.15 Å². The third kappa shape index (κ3) is 4.55. The second-order valence-corrected chi connectivity index (χ2v) is 9.27. The van der Waals surface area contributed by atoms with Crippen molar-refractivity contribution in [2.24, 2.45) is 0 Å². The van der Waals surface area contributed by atoms with Gasteiger partial charge in [-0.15, -0.1) is 11.3 Å². The van der Waals surface area contributed by atoms with Crippen molar-refractivity contribution < 1.29 is 18.7 Å². The minimum Gasteiger partial charge on any atom is -0.467 e. The van der Waals surface area contributed by atoms with Crippen LogP contribution in [0.1, 0.15) is 33.2 Å². The summed E-state index contributed by atoms with van der Waals surface area (Å²) in [4.78, 5) is 31.4. The minimum absolute atomic E-state index is 0.0925. The number of hydrogen-bond acceptors (Lipinski definition) is 6. The number of hydrogen-bond donors (Lipinski definition) is 1. The summed E-state index contributed by atoms with van der Waals surface area (Å²) in [5.74, 6) is 0.683. The Hall–Kier alpha value is -2.16. The lowest BCUT2D eigenvalue weighted by atomic mass is 9.88. The van der Waals surface area contributed by atoms with Crippen LogP contribution in [0.2, 0.25) is 0 Å². The van der Waals surface area contributed by atoms with E-state index in [2.05, 4.69) is 10.2 Å². The van der Waals surface area contributed by atoms with Crippen LogP contribution in [0.3, 0.4) is 0 Å². The Bertz CT molecular complexity index is 855. The molecule has 4 rings (SSSR count). The van der Waals surface area contributed by atoms with E-state index in [1.807, 2.05) is 37.1 Å². The fourth-order valence-electron chi connectivity index (χ4n) is 4.15. The zero-order chi connectivity index (χ0) is 20.4. The van der Waals surface area contributed by atoms with E-state index < -0.39 is 6.10 Å². The number of piperidine rings is 1. The molecular weight excluding hydrogens is 390 g/mol. The lowest BCUT2D eigenvalue weighted by Crippen LogP contribution is -2.61. The Kier molecular flexibility index (Phi) is 5.76. The van der Waals surface area contributed by atoms with Crippen LogP contribution in [-0.2, 0) is 16.1 Å². The number of ether oxygens (including phenoxy) is 1. The first-order chi connectivity index (χ1) is 13.9. The topological polar surface area (TPSA) is 75.0 Å². The molecular formula is C21H27N3O4S. The summed E-state index contributed by atoms with van der Waals surface area (Å²) in [7, 11) is 2.02. The normalized spacial score (nSPS) is 22.0. The van der Waals surface area contributed by atoms with Crippen molar-refractivity contribution in [1.82, 2.24) is 15.1 Å². The van der Waals surface area contributed by atoms with Gasteiger partial charge in [-0.3, -0.25) is 9.59 Å². The summed E-state index contributed by atoms with van der Waals surface area (Å²) >= 11 is 1.53. The van der Waals surface area contributed by atoms with Crippen LogP contribution in [0, 0.1) is 6.92 Å². The number of carbonyl (C=O) groups is 2. The van der Waals surface area contributed by atoms with E-state index >= 15 is 0 Å². The first-order valence-corrected chi connectivity index (χ1v) is 10.8. The lowest BCUT2D eigenvalue weighted by Gasteiger charge is -2.48. The van der Waals surface area contributed by atoms with Crippen LogP contribution in [0.4, 0.5) is 0 Å². The number of carbonyl (C=O) groups excluding carboxylic acids is 2. The summed E-state index contributed by atoms with van der Waals surface area (Å²) < 4.78 is 11.6. The molecule has 8 heteroatoms. The minimum atomic E-state index is -0.522. The van der Waals surface area contributed by atoms with Crippen LogP contribution >= 0.6 is 11.3 Å². The maximum atomic E-state index is 12.7. The van der Waals surface area contributed by atoms with Crippen LogP contribution in [0.5, 0.6) is 0 Å². The number of thiophene rings is 1. The summed E-state index contributed by atoms with van der Waals surface area (Å²) in [6.07, 6.45) is 2.53. The molecule has 4 heterocycles. The lowest BCUT2D eigenvalue weighted by molar-refractivity contribution is -0.180. The average Bonchev–Trinajstić information content (AvgIpc) is 3.37. The van der Waals surface area contributed by atoms with Gasteiger partial charge in [-0.2, -0.15) is 0 Å². The van der Waals surface area contributed by atoms with Crippen LogP contribution in [0.25, 0.3) is 0 Å². The van der Waals surface area contributed by atoms with E-state index in [-0.39, 0.29) is 17.4 Å². The van der Waals surface area contributed by atoms with E-state index in [1.165, 1.54) is 11.3 Å². The van der Waals surface area contributed by atoms with E-state index in [0.717, 1.165) is 29.1 Å². The summed E-state index contributed by atoms with van der Waals surface area (Å²) in [5.41, 5.74) is -0.387.